The van der Waals surface area contributed by atoms with Gasteiger partial charge in [-0.3, -0.25) is 9.59 Å². The summed E-state index contributed by atoms with van der Waals surface area (Å²) in [6.07, 6.45) is 6.45. The van der Waals surface area contributed by atoms with Crippen LogP contribution in [0.25, 0.3) is 0 Å². The van der Waals surface area contributed by atoms with Crippen molar-refractivity contribution in [2.75, 3.05) is 51.3 Å². The largest absolute Gasteiger partial charge is 0.514 e. The van der Waals surface area contributed by atoms with Gasteiger partial charge < -0.3 is 50.0 Å². The zero-order valence-corrected chi connectivity index (χ0v) is 35.0. The quantitative estimate of drug-likeness (QED) is 0.0292. The van der Waals surface area contributed by atoms with E-state index >= 15 is 0 Å². The third-order valence-electron chi connectivity index (χ3n) is 9.30. The van der Waals surface area contributed by atoms with Crippen LogP contribution in [0.3, 0.4) is 0 Å². The van der Waals surface area contributed by atoms with Gasteiger partial charge >= 0.3 is 12.2 Å². The number of amides is 3. The van der Waals surface area contributed by atoms with Crippen molar-refractivity contribution in [2.24, 2.45) is 10.8 Å². The molecule has 318 valence electrons. The van der Waals surface area contributed by atoms with Crippen LogP contribution in [0, 0.1) is 0 Å². The molecule has 3 amide bonds. The molecule has 15 nitrogen and oxygen atoms in total. The topological polar surface area (TPSA) is 183 Å². The minimum absolute atomic E-state index is 0.0205. The molecule has 4 N–H and O–H groups in total. The van der Waals surface area contributed by atoms with Crippen molar-refractivity contribution < 1.29 is 42.9 Å². The van der Waals surface area contributed by atoms with Gasteiger partial charge in [0.2, 0.25) is 5.91 Å². The highest BCUT2D eigenvalue weighted by Gasteiger charge is 2.30. The monoisotopic (exact) mass is 806 g/mol. The normalized spacial score (nSPS) is 14.7. The number of hydrazone groups is 1. The number of carbonyl (C=O) groups is 4. The predicted molar refractivity (Wildman–Crippen MR) is 222 cm³/mol. The molecule has 15 heteroatoms. The first-order valence-electron chi connectivity index (χ1n) is 20.1. The molecule has 0 spiro atoms. The highest BCUT2D eigenvalue weighted by molar-refractivity contribution is 5.98. The van der Waals surface area contributed by atoms with Crippen molar-refractivity contribution in [3.8, 4) is 11.5 Å². The van der Waals surface area contributed by atoms with Crippen LogP contribution in [-0.4, -0.2) is 103 Å². The number of hydrogen-bond acceptors (Lipinski definition) is 11. The Morgan fingerprint density at radius 2 is 1.72 bits per heavy atom. The van der Waals surface area contributed by atoms with Crippen molar-refractivity contribution in [3.63, 3.8) is 0 Å². The number of carbonyl (C=O) groups excluding carboxylic acids is 4. The lowest BCUT2D eigenvalue weighted by molar-refractivity contribution is -0.135. The second kappa shape index (κ2) is 21.4. The summed E-state index contributed by atoms with van der Waals surface area (Å²) < 4.78 is 28.3. The number of fused-ring (bicyclic) bond motifs is 1. The van der Waals surface area contributed by atoms with Gasteiger partial charge in [0.1, 0.15) is 16.9 Å². The summed E-state index contributed by atoms with van der Waals surface area (Å²) in [5.41, 5.74) is 10.2. The molecule has 2 aromatic carbocycles. The Morgan fingerprint density at radius 3 is 2.43 bits per heavy atom. The van der Waals surface area contributed by atoms with E-state index in [1.54, 1.807) is 64.7 Å². The van der Waals surface area contributed by atoms with E-state index in [4.69, 9.17) is 29.4 Å². The summed E-state index contributed by atoms with van der Waals surface area (Å²) in [4.78, 5) is 55.8. The Morgan fingerprint density at radius 1 is 0.983 bits per heavy atom. The number of hydrogen-bond donors (Lipinski definition) is 3. The first kappa shape index (κ1) is 45.4. The maximum atomic E-state index is 13.8. The van der Waals surface area contributed by atoms with E-state index in [-0.39, 0.29) is 56.1 Å². The Labute approximate surface area is 342 Å². The van der Waals surface area contributed by atoms with Gasteiger partial charge in [-0.05, 0) is 90.5 Å². The van der Waals surface area contributed by atoms with Gasteiger partial charge in [-0.25, -0.2) is 9.59 Å². The standard InChI is InChI=1S/C43H62N6O9/c1-8-22-45-47-39(44)32-14-12-13-30(28-32)20-26-54-27-21-36(51)49(33-15-10-9-11-16-33)25-24-48(40(52)57-42(2,3)4)23-19-31-17-18-34(56-41(53)58-43(5,6)7)37-38(31)55-29-35(50)46-37/h8,12-14,17-18,28,33,45H,1,9-11,15-16,19-27,29H2,2-7H3,(H2,44,47)(H,46,50). The van der Waals surface area contributed by atoms with E-state index in [0.29, 0.717) is 49.7 Å². The van der Waals surface area contributed by atoms with Gasteiger partial charge in [0.25, 0.3) is 5.91 Å². The van der Waals surface area contributed by atoms with E-state index in [0.717, 1.165) is 43.2 Å². The molecule has 0 unspecified atom stereocenters. The molecule has 0 saturated heterocycles. The first-order valence-corrected chi connectivity index (χ1v) is 20.1. The lowest BCUT2D eigenvalue weighted by Gasteiger charge is -2.36. The van der Waals surface area contributed by atoms with Crippen LogP contribution in [0.15, 0.2) is 54.2 Å². The number of rotatable bonds is 18. The average Bonchev–Trinajstić information content (AvgIpc) is 3.15. The van der Waals surface area contributed by atoms with E-state index in [9.17, 15) is 19.2 Å². The second-order valence-electron chi connectivity index (χ2n) is 16.4. The summed E-state index contributed by atoms with van der Waals surface area (Å²) in [5.74, 6) is 0.376. The van der Waals surface area contributed by atoms with Crippen molar-refractivity contribution in [2.45, 2.75) is 110 Å². The van der Waals surface area contributed by atoms with Crippen LogP contribution in [0.1, 0.15) is 96.8 Å². The smallest absolute Gasteiger partial charge is 0.481 e. The Bertz CT molecular complexity index is 1760. The summed E-state index contributed by atoms with van der Waals surface area (Å²) in [5, 5.41) is 6.90. The number of nitrogens with one attached hydrogen (secondary N) is 2. The van der Waals surface area contributed by atoms with Crippen molar-refractivity contribution in [1.82, 2.24) is 15.2 Å². The molecule has 4 rings (SSSR count). The van der Waals surface area contributed by atoms with E-state index in [1.165, 1.54) is 0 Å². The van der Waals surface area contributed by atoms with Crippen molar-refractivity contribution in [1.29, 1.82) is 0 Å². The number of benzene rings is 2. The van der Waals surface area contributed by atoms with Crippen LogP contribution in [0.2, 0.25) is 0 Å². The third-order valence-corrected chi connectivity index (χ3v) is 9.30. The van der Waals surface area contributed by atoms with Gasteiger partial charge in [-0.1, -0.05) is 49.6 Å². The maximum absolute atomic E-state index is 13.8. The molecular weight excluding hydrogens is 745 g/mol. The summed E-state index contributed by atoms with van der Waals surface area (Å²) in [6.45, 7) is 16.0. The van der Waals surface area contributed by atoms with Crippen LogP contribution >= 0.6 is 0 Å². The molecule has 0 atom stereocenters. The summed E-state index contributed by atoms with van der Waals surface area (Å²) >= 11 is 0. The molecule has 0 bridgehead atoms. The molecule has 58 heavy (non-hydrogen) atoms. The fourth-order valence-electron chi connectivity index (χ4n) is 6.60. The zero-order chi connectivity index (χ0) is 42.3. The fourth-order valence-corrected chi connectivity index (χ4v) is 6.60. The maximum Gasteiger partial charge on any atom is 0.514 e. The van der Waals surface area contributed by atoms with Crippen LogP contribution < -0.4 is 25.9 Å². The number of ether oxygens (including phenoxy) is 5. The van der Waals surface area contributed by atoms with Crippen LogP contribution in [0.5, 0.6) is 11.5 Å². The van der Waals surface area contributed by atoms with Gasteiger partial charge in [0.15, 0.2) is 23.9 Å². The van der Waals surface area contributed by atoms with Gasteiger partial charge in [0, 0.05) is 31.2 Å². The minimum atomic E-state index is -0.922. The molecule has 0 radical (unpaired) electrons. The highest BCUT2D eigenvalue weighted by atomic mass is 16.7. The Hall–Kier alpha value is -5.31. The number of nitrogens with two attached hydrogens (primary N) is 1. The van der Waals surface area contributed by atoms with Crippen molar-refractivity contribution in [3.05, 3.63) is 65.7 Å². The van der Waals surface area contributed by atoms with Gasteiger partial charge in [-0.15, -0.1) is 6.58 Å². The molecule has 2 aromatic rings. The van der Waals surface area contributed by atoms with Gasteiger partial charge in [0.05, 0.1) is 26.2 Å². The Balaban J connectivity index is 1.41. The van der Waals surface area contributed by atoms with Crippen LogP contribution in [0.4, 0.5) is 15.3 Å². The van der Waals surface area contributed by atoms with Crippen molar-refractivity contribution >= 4 is 35.6 Å². The number of amidine groups is 1. The molecule has 1 aliphatic heterocycles. The van der Waals surface area contributed by atoms with E-state index in [1.807, 2.05) is 29.2 Å². The lowest BCUT2D eigenvalue weighted by atomic mass is 9.94. The summed E-state index contributed by atoms with van der Waals surface area (Å²) in [6, 6.07) is 11.1. The average molecular weight is 807 g/mol. The molecular formula is C43H62N6O9. The fraction of sp³-hybridized carbons (Fsp3) is 0.558. The zero-order valence-electron chi connectivity index (χ0n) is 35.0. The minimum Gasteiger partial charge on any atom is -0.481 e. The molecule has 1 heterocycles. The molecule has 0 aromatic heterocycles. The molecule has 1 aliphatic carbocycles. The first-order chi connectivity index (χ1) is 27.5. The highest BCUT2D eigenvalue weighted by Crippen LogP contribution is 2.40. The second-order valence-corrected chi connectivity index (χ2v) is 16.4. The molecule has 1 saturated carbocycles. The van der Waals surface area contributed by atoms with Crippen LogP contribution in [-0.2, 0) is 36.6 Å². The van der Waals surface area contributed by atoms with E-state index in [2.05, 4.69) is 22.4 Å². The van der Waals surface area contributed by atoms with Gasteiger partial charge in [-0.2, -0.15) is 5.10 Å². The number of anilines is 1. The number of nitrogens with zero attached hydrogens (tertiary/aromatic N) is 3. The Kier molecular flexibility index (Phi) is 16.8. The summed E-state index contributed by atoms with van der Waals surface area (Å²) in [7, 11) is 0. The SMILES string of the molecule is C=CCN/N=C(\N)c1cccc(CCOCCC(=O)N(CCN(CCc2ccc(OC(=O)OC(C)(C)C)c3c2OCC(=O)N3)C(=O)OC(C)(C)C)C2CCCCC2)c1. The predicted octanol–water partition coefficient (Wildman–Crippen LogP) is 6.32. The molecule has 1 fully saturated rings. The molecule has 2 aliphatic rings. The third kappa shape index (κ3) is 14.9. The lowest BCUT2D eigenvalue weighted by Crippen LogP contribution is -2.48. The van der Waals surface area contributed by atoms with E-state index < -0.39 is 29.4 Å².